The number of rotatable bonds is 7. The number of nitrogens with one attached hydrogen (secondary N) is 1. The van der Waals surface area contributed by atoms with Crippen molar-refractivity contribution in [1.29, 1.82) is 0 Å². The Morgan fingerprint density at radius 1 is 1.38 bits per heavy atom. The van der Waals surface area contributed by atoms with E-state index >= 15 is 0 Å². The molecule has 1 aromatic carbocycles. The minimum Gasteiger partial charge on any atom is -0.496 e. The second-order valence-corrected chi connectivity index (χ2v) is 5.84. The summed E-state index contributed by atoms with van der Waals surface area (Å²) >= 11 is 0. The average molecular weight is 291 g/mol. The van der Waals surface area contributed by atoms with Gasteiger partial charge in [0.2, 0.25) is 5.91 Å². The van der Waals surface area contributed by atoms with Gasteiger partial charge in [-0.2, -0.15) is 0 Å². The molecular formula is C17H25NO3. The minimum atomic E-state index is -0.787. The third-order valence-electron chi connectivity index (χ3n) is 4.57. The van der Waals surface area contributed by atoms with Crippen LogP contribution in [-0.2, 0) is 4.79 Å². The highest BCUT2D eigenvalue weighted by Gasteiger charge is 2.45. The Morgan fingerprint density at radius 2 is 2.05 bits per heavy atom. The summed E-state index contributed by atoms with van der Waals surface area (Å²) in [7, 11) is 1.65. The molecule has 2 unspecified atom stereocenters. The number of benzene rings is 1. The van der Waals surface area contributed by atoms with Gasteiger partial charge in [-0.05, 0) is 36.8 Å². The molecule has 0 bridgehead atoms. The fourth-order valence-corrected chi connectivity index (χ4v) is 2.68. The van der Waals surface area contributed by atoms with E-state index in [4.69, 9.17) is 4.74 Å². The van der Waals surface area contributed by atoms with E-state index in [1.54, 1.807) is 7.11 Å². The van der Waals surface area contributed by atoms with Crippen molar-refractivity contribution in [2.75, 3.05) is 13.7 Å². The smallest absolute Gasteiger partial charge is 0.223 e. The Labute approximate surface area is 126 Å². The molecule has 1 aliphatic carbocycles. The van der Waals surface area contributed by atoms with Crippen molar-refractivity contribution in [1.82, 2.24) is 5.32 Å². The Kier molecular flexibility index (Phi) is 4.88. The third kappa shape index (κ3) is 3.56. The third-order valence-corrected chi connectivity index (χ3v) is 4.57. The highest BCUT2D eigenvalue weighted by Crippen LogP contribution is 2.50. The maximum atomic E-state index is 12.2. The normalized spacial score (nSPS) is 21.0. The van der Waals surface area contributed by atoms with E-state index in [0.717, 1.165) is 17.7 Å². The number of para-hydroxylation sites is 1. The monoisotopic (exact) mass is 291 g/mol. The molecule has 2 N–H and O–H groups in total. The lowest BCUT2D eigenvalue weighted by Crippen LogP contribution is -2.42. The number of carbonyl (C=O) groups is 1. The predicted molar refractivity (Wildman–Crippen MR) is 82.4 cm³/mol. The van der Waals surface area contributed by atoms with E-state index < -0.39 is 5.60 Å². The lowest BCUT2D eigenvalue weighted by atomic mass is 9.97. The van der Waals surface area contributed by atoms with Crippen molar-refractivity contribution in [3.05, 3.63) is 29.8 Å². The summed E-state index contributed by atoms with van der Waals surface area (Å²) in [6.45, 7) is 4.20. The molecule has 116 valence electrons. The van der Waals surface area contributed by atoms with E-state index in [2.05, 4.69) is 5.32 Å². The predicted octanol–water partition coefficient (Wildman–Crippen LogP) is 2.47. The molecule has 2 atom stereocenters. The standard InChI is InChI=1S/C17H25NO3/c1-4-17(20,5-2)11-18-16(19)14-10-13(14)12-8-6-7-9-15(12)21-3/h6-9,13-14,20H,4-5,10-11H2,1-3H3,(H,18,19). The Morgan fingerprint density at radius 3 is 2.67 bits per heavy atom. The first-order valence-electron chi connectivity index (χ1n) is 7.67. The van der Waals surface area contributed by atoms with Crippen LogP contribution < -0.4 is 10.1 Å². The van der Waals surface area contributed by atoms with E-state index in [1.807, 2.05) is 38.1 Å². The van der Waals surface area contributed by atoms with Gasteiger partial charge in [-0.25, -0.2) is 0 Å². The largest absolute Gasteiger partial charge is 0.496 e. The summed E-state index contributed by atoms with van der Waals surface area (Å²) in [5.41, 5.74) is 0.311. The van der Waals surface area contributed by atoms with E-state index in [1.165, 1.54) is 0 Å². The summed E-state index contributed by atoms with van der Waals surface area (Å²) < 4.78 is 5.35. The first kappa shape index (κ1) is 15.8. The molecule has 2 rings (SSSR count). The van der Waals surface area contributed by atoms with Crippen LogP contribution in [0.1, 0.15) is 44.6 Å². The van der Waals surface area contributed by atoms with Crippen LogP contribution in [0.3, 0.4) is 0 Å². The SMILES string of the molecule is CCC(O)(CC)CNC(=O)C1CC1c1ccccc1OC. The lowest BCUT2D eigenvalue weighted by molar-refractivity contribution is -0.123. The second-order valence-electron chi connectivity index (χ2n) is 5.84. The van der Waals surface area contributed by atoms with Gasteiger partial charge < -0.3 is 15.2 Å². The van der Waals surface area contributed by atoms with E-state index in [0.29, 0.717) is 19.4 Å². The molecule has 1 fully saturated rings. The van der Waals surface area contributed by atoms with Crippen LogP contribution in [0.4, 0.5) is 0 Å². The van der Waals surface area contributed by atoms with Crippen LogP contribution >= 0.6 is 0 Å². The van der Waals surface area contributed by atoms with Crippen molar-refractivity contribution in [3.8, 4) is 5.75 Å². The van der Waals surface area contributed by atoms with Gasteiger partial charge in [-0.3, -0.25) is 4.79 Å². The lowest BCUT2D eigenvalue weighted by Gasteiger charge is -2.25. The number of carbonyl (C=O) groups excluding carboxylic acids is 1. The maximum absolute atomic E-state index is 12.2. The Balaban J connectivity index is 1.92. The van der Waals surface area contributed by atoms with Crippen LogP contribution in [-0.4, -0.2) is 30.3 Å². The molecule has 0 aromatic heterocycles. The summed E-state index contributed by atoms with van der Waals surface area (Å²) in [6, 6.07) is 7.85. The Hall–Kier alpha value is -1.55. The van der Waals surface area contributed by atoms with Gasteiger partial charge in [-0.15, -0.1) is 0 Å². The maximum Gasteiger partial charge on any atom is 0.223 e. The molecule has 0 heterocycles. The fourth-order valence-electron chi connectivity index (χ4n) is 2.68. The zero-order valence-corrected chi connectivity index (χ0v) is 13.1. The van der Waals surface area contributed by atoms with Gasteiger partial charge in [0.1, 0.15) is 5.75 Å². The summed E-state index contributed by atoms with van der Waals surface area (Å²) in [4.78, 5) is 12.2. The first-order chi connectivity index (χ1) is 10.0. The summed E-state index contributed by atoms with van der Waals surface area (Å²) in [6.07, 6.45) is 2.14. The van der Waals surface area contributed by atoms with Crippen LogP contribution in [0, 0.1) is 5.92 Å². The van der Waals surface area contributed by atoms with Crippen LogP contribution in [0.15, 0.2) is 24.3 Å². The molecule has 0 saturated heterocycles. The van der Waals surface area contributed by atoms with E-state index in [-0.39, 0.29) is 17.7 Å². The quantitative estimate of drug-likeness (QED) is 0.811. The van der Waals surface area contributed by atoms with Crippen molar-refractivity contribution >= 4 is 5.91 Å². The van der Waals surface area contributed by atoms with Crippen LogP contribution in [0.2, 0.25) is 0 Å². The molecule has 4 heteroatoms. The van der Waals surface area contributed by atoms with Crippen LogP contribution in [0.25, 0.3) is 0 Å². The van der Waals surface area contributed by atoms with Gasteiger partial charge >= 0.3 is 0 Å². The highest BCUT2D eigenvalue weighted by molar-refractivity contribution is 5.83. The molecule has 0 aliphatic heterocycles. The topological polar surface area (TPSA) is 58.6 Å². The molecule has 1 aliphatic rings. The molecule has 0 spiro atoms. The van der Waals surface area contributed by atoms with Crippen molar-refractivity contribution in [2.24, 2.45) is 5.92 Å². The average Bonchev–Trinajstić information content (AvgIpc) is 3.32. The van der Waals surface area contributed by atoms with Gasteiger partial charge in [0, 0.05) is 12.5 Å². The van der Waals surface area contributed by atoms with Crippen molar-refractivity contribution in [2.45, 2.75) is 44.6 Å². The minimum absolute atomic E-state index is 0.000683. The molecular weight excluding hydrogens is 266 g/mol. The molecule has 0 radical (unpaired) electrons. The van der Waals surface area contributed by atoms with Gasteiger partial charge in [0.15, 0.2) is 0 Å². The number of hydrogen-bond acceptors (Lipinski definition) is 3. The molecule has 1 aromatic rings. The second kappa shape index (κ2) is 6.48. The van der Waals surface area contributed by atoms with Gasteiger partial charge in [-0.1, -0.05) is 32.0 Å². The van der Waals surface area contributed by atoms with E-state index in [9.17, 15) is 9.90 Å². The number of hydrogen-bond donors (Lipinski definition) is 2. The molecule has 1 saturated carbocycles. The van der Waals surface area contributed by atoms with Gasteiger partial charge in [0.05, 0.1) is 12.7 Å². The van der Waals surface area contributed by atoms with Crippen LogP contribution in [0.5, 0.6) is 5.75 Å². The summed E-state index contributed by atoms with van der Waals surface area (Å²) in [5, 5.41) is 13.1. The van der Waals surface area contributed by atoms with Crippen molar-refractivity contribution < 1.29 is 14.6 Å². The molecule has 4 nitrogen and oxygen atoms in total. The number of amides is 1. The fraction of sp³-hybridized carbons (Fsp3) is 0.588. The van der Waals surface area contributed by atoms with Gasteiger partial charge in [0.25, 0.3) is 0 Å². The highest BCUT2D eigenvalue weighted by atomic mass is 16.5. The summed E-state index contributed by atoms with van der Waals surface area (Å²) in [5.74, 6) is 1.11. The number of aliphatic hydroxyl groups is 1. The zero-order chi connectivity index (χ0) is 15.5. The molecule has 21 heavy (non-hydrogen) atoms. The molecule has 1 amide bonds. The zero-order valence-electron chi connectivity index (χ0n) is 13.1. The number of methoxy groups -OCH3 is 1. The van der Waals surface area contributed by atoms with Crippen molar-refractivity contribution in [3.63, 3.8) is 0 Å². The first-order valence-corrected chi connectivity index (χ1v) is 7.67. The Bertz CT molecular complexity index is 497. The number of ether oxygens (including phenoxy) is 1.